The Kier molecular flexibility index (Phi) is 6.88. The van der Waals surface area contributed by atoms with Crippen LogP contribution < -0.4 is 5.73 Å². The zero-order valence-electron chi connectivity index (χ0n) is 15.5. The minimum Gasteiger partial charge on any atom is -0.330 e. The van der Waals surface area contributed by atoms with Crippen molar-refractivity contribution in [3.63, 3.8) is 0 Å². The third kappa shape index (κ3) is 5.39. The molecule has 2 heterocycles. The number of hydrogen-bond acceptors (Lipinski definition) is 4. The van der Waals surface area contributed by atoms with Crippen molar-refractivity contribution in [3.8, 4) is 0 Å². The van der Waals surface area contributed by atoms with E-state index in [1.807, 2.05) is 12.4 Å². The molecule has 2 aromatic heterocycles. The molecule has 2 rings (SSSR count). The predicted molar refractivity (Wildman–Crippen MR) is 99.8 cm³/mol. The van der Waals surface area contributed by atoms with E-state index in [1.165, 1.54) is 22.3 Å². The molecule has 0 atom stereocenters. The molecule has 0 saturated carbocycles. The Morgan fingerprint density at radius 1 is 0.833 bits per heavy atom. The SMILES string of the molecule is Cc1cnc(CN(CCCCN)Cc2ncc(C)cc2C)c(C)c1. The van der Waals surface area contributed by atoms with E-state index in [-0.39, 0.29) is 0 Å². The van der Waals surface area contributed by atoms with E-state index in [2.05, 4.69) is 54.7 Å². The van der Waals surface area contributed by atoms with Gasteiger partial charge in [-0.2, -0.15) is 0 Å². The van der Waals surface area contributed by atoms with Gasteiger partial charge in [0.1, 0.15) is 0 Å². The van der Waals surface area contributed by atoms with Crippen LogP contribution in [0.1, 0.15) is 46.5 Å². The van der Waals surface area contributed by atoms with Crippen molar-refractivity contribution in [2.24, 2.45) is 5.73 Å². The Morgan fingerprint density at radius 3 is 1.75 bits per heavy atom. The fourth-order valence-electron chi connectivity index (χ4n) is 2.94. The van der Waals surface area contributed by atoms with Crippen LogP contribution in [0.25, 0.3) is 0 Å². The average molecular weight is 326 g/mol. The van der Waals surface area contributed by atoms with Gasteiger partial charge in [0, 0.05) is 25.5 Å². The quantitative estimate of drug-likeness (QED) is 0.755. The second-order valence-electron chi connectivity index (χ2n) is 6.76. The summed E-state index contributed by atoms with van der Waals surface area (Å²) in [7, 11) is 0. The number of nitrogens with zero attached hydrogens (tertiary/aromatic N) is 3. The molecule has 0 aliphatic carbocycles. The lowest BCUT2D eigenvalue weighted by Crippen LogP contribution is -2.26. The van der Waals surface area contributed by atoms with E-state index in [0.717, 1.165) is 50.4 Å². The Hall–Kier alpha value is -1.78. The highest BCUT2D eigenvalue weighted by molar-refractivity contribution is 5.25. The maximum absolute atomic E-state index is 5.66. The van der Waals surface area contributed by atoms with Gasteiger partial charge in [-0.05, 0) is 75.9 Å². The lowest BCUT2D eigenvalue weighted by molar-refractivity contribution is 0.245. The number of aryl methyl sites for hydroxylation is 4. The number of nitrogens with two attached hydrogens (primary N) is 1. The third-order valence-electron chi connectivity index (χ3n) is 4.32. The monoisotopic (exact) mass is 326 g/mol. The lowest BCUT2D eigenvalue weighted by atomic mass is 10.1. The summed E-state index contributed by atoms with van der Waals surface area (Å²) in [6.45, 7) is 11.9. The molecule has 0 aromatic carbocycles. The normalized spacial score (nSPS) is 11.2. The number of rotatable bonds is 8. The molecule has 0 aliphatic heterocycles. The molecule has 4 nitrogen and oxygen atoms in total. The van der Waals surface area contributed by atoms with Crippen molar-refractivity contribution in [2.75, 3.05) is 13.1 Å². The summed E-state index contributed by atoms with van der Waals surface area (Å²) in [4.78, 5) is 11.7. The first kappa shape index (κ1) is 18.6. The fraction of sp³-hybridized carbons (Fsp3) is 0.500. The minimum absolute atomic E-state index is 0.747. The maximum atomic E-state index is 5.66. The van der Waals surface area contributed by atoms with Crippen molar-refractivity contribution in [2.45, 2.75) is 53.6 Å². The van der Waals surface area contributed by atoms with Gasteiger partial charge in [-0.1, -0.05) is 12.1 Å². The first-order chi connectivity index (χ1) is 11.5. The molecular formula is C20H30N4. The Balaban J connectivity index is 2.14. The van der Waals surface area contributed by atoms with Gasteiger partial charge in [-0.25, -0.2) is 0 Å². The van der Waals surface area contributed by atoms with Crippen LogP contribution in [0.3, 0.4) is 0 Å². The van der Waals surface area contributed by atoms with Gasteiger partial charge in [0.25, 0.3) is 0 Å². The van der Waals surface area contributed by atoms with E-state index in [0.29, 0.717) is 0 Å². The highest BCUT2D eigenvalue weighted by Crippen LogP contribution is 2.15. The van der Waals surface area contributed by atoms with Gasteiger partial charge >= 0.3 is 0 Å². The van der Waals surface area contributed by atoms with Crippen LogP contribution in [0.4, 0.5) is 0 Å². The summed E-state index contributed by atoms with van der Waals surface area (Å²) in [6.07, 6.45) is 6.06. The van der Waals surface area contributed by atoms with Gasteiger partial charge in [0.15, 0.2) is 0 Å². The van der Waals surface area contributed by atoms with E-state index in [1.54, 1.807) is 0 Å². The van der Waals surface area contributed by atoms with Crippen LogP contribution in [0.5, 0.6) is 0 Å². The summed E-state index contributed by atoms with van der Waals surface area (Å²) in [5.74, 6) is 0. The second kappa shape index (κ2) is 8.90. The summed E-state index contributed by atoms with van der Waals surface area (Å²) < 4.78 is 0. The van der Waals surface area contributed by atoms with E-state index < -0.39 is 0 Å². The average Bonchev–Trinajstić information content (AvgIpc) is 2.52. The third-order valence-corrected chi connectivity index (χ3v) is 4.32. The molecule has 130 valence electrons. The summed E-state index contributed by atoms with van der Waals surface area (Å²) in [6, 6.07) is 4.41. The van der Waals surface area contributed by atoms with Gasteiger partial charge in [0.05, 0.1) is 11.4 Å². The zero-order chi connectivity index (χ0) is 17.5. The van der Waals surface area contributed by atoms with Crippen LogP contribution in [-0.2, 0) is 13.1 Å². The van der Waals surface area contributed by atoms with Crippen molar-refractivity contribution in [1.82, 2.24) is 14.9 Å². The van der Waals surface area contributed by atoms with E-state index in [9.17, 15) is 0 Å². The molecule has 24 heavy (non-hydrogen) atoms. The largest absolute Gasteiger partial charge is 0.330 e. The van der Waals surface area contributed by atoms with Gasteiger partial charge < -0.3 is 5.73 Å². The smallest absolute Gasteiger partial charge is 0.0573 e. The molecule has 0 saturated heterocycles. The number of unbranched alkanes of at least 4 members (excludes halogenated alkanes) is 1. The predicted octanol–water partition coefficient (Wildman–Crippen LogP) is 3.45. The fourth-order valence-corrected chi connectivity index (χ4v) is 2.94. The second-order valence-corrected chi connectivity index (χ2v) is 6.76. The summed E-state index contributed by atoms with van der Waals surface area (Å²) >= 11 is 0. The number of aromatic nitrogens is 2. The maximum Gasteiger partial charge on any atom is 0.0573 e. The molecular weight excluding hydrogens is 296 g/mol. The van der Waals surface area contributed by atoms with Crippen molar-refractivity contribution >= 4 is 0 Å². The molecule has 0 radical (unpaired) electrons. The van der Waals surface area contributed by atoms with Gasteiger partial charge in [-0.3, -0.25) is 14.9 Å². The molecule has 2 N–H and O–H groups in total. The Labute approximate surface area is 146 Å². The van der Waals surface area contributed by atoms with Gasteiger partial charge in [-0.15, -0.1) is 0 Å². The van der Waals surface area contributed by atoms with Crippen molar-refractivity contribution in [3.05, 3.63) is 58.2 Å². The minimum atomic E-state index is 0.747. The molecule has 2 aromatic rings. The van der Waals surface area contributed by atoms with Crippen molar-refractivity contribution < 1.29 is 0 Å². The Morgan fingerprint density at radius 2 is 1.33 bits per heavy atom. The van der Waals surface area contributed by atoms with Crippen LogP contribution >= 0.6 is 0 Å². The topological polar surface area (TPSA) is 55.0 Å². The highest BCUT2D eigenvalue weighted by Gasteiger charge is 2.12. The molecule has 0 aliphatic rings. The highest BCUT2D eigenvalue weighted by atomic mass is 15.1. The molecule has 0 fully saturated rings. The van der Waals surface area contributed by atoms with Crippen molar-refractivity contribution in [1.29, 1.82) is 0 Å². The molecule has 0 bridgehead atoms. The van der Waals surface area contributed by atoms with Crippen LogP contribution in [0.2, 0.25) is 0 Å². The van der Waals surface area contributed by atoms with Crippen LogP contribution in [0.15, 0.2) is 24.5 Å². The first-order valence-electron chi connectivity index (χ1n) is 8.76. The summed E-state index contributed by atoms with van der Waals surface area (Å²) in [5.41, 5.74) is 12.9. The van der Waals surface area contributed by atoms with E-state index in [4.69, 9.17) is 5.73 Å². The van der Waals surface area contributed by atoms with E-state index >= 15 is 0 Å². The standard InChI is InChI=1S/C20H30N4/c1-15-9-17(3)19(22-11-15)13-24(8-6-5-7-21)14-20-18(4)10-16(2)12-23-20/h9-12H,5-8,13-14,21H2,1-4H3. The molecule has 0 spiro atoms. The van der Waals surface area contributed by atoms with Gasteiger partial charge in [0.2, 0.25) is 0 Å². The summed E-state index contributed by atoms with van der Waals surface area (Å²) in [5, 5.41) is 0. The first-order valence-corrected chi connectivity index (χ1v) is 8.76. The Bertz CT molecular complexity index is 613. The van der Waals surface area contributed by atoms with Crippen LogP contribution in [-0.4, -0.2) is 28.0 Å². The number of pyridine rings is 2. The molecule has 0 amide bonds. The number of hydrogen-bond donors (Lipinski definition) is 1. The zero-order valence-corrected chi connectivity index (χ0v) is 15.5. The lowest BCUT2D eigenvalue weighted by Gasteiger charge is -2.23. The molecule has 0 unspecified atom stereocenters. The molecule has 4 heteroatoms. The van der Waals surface area contributed by atoms with Crippen LogP contribution in [0, 0.1) is 27.7 Å².